The van der Waals surface area contributed by atoms with E-state index in [4.69, 9.17) is 14.6 Å². The zero-order valence-corrected chi connectivity index (χ0v) is 13.1. The summed E-state index contributed by atoms with van der Waals surface area (Å²) in [7, 11) is 1.58. The number of hydrogen-bond acceptors (Lipinski definition) is 6. The van der Waals surface area contributed by atoms with Crippen LogP contribution in [0.15, 0.2) is 30.5 Å². The molecule has 0 fully saturated rings. The number of carbonyl (C=O) groups is 2. The van der Waals surface area contributed by atoms with Crippen LogP contribution in [0, 0.1) is 0 Å². The quantitative estimate of drug-likeness (QED) is 0.634. The molecule has 0 spiro atoms. The third kappa shape index (κ3) is 5.36. The van der Waals surface area contributed by atoms with Crippen LogP contribution in [0.2, 0.25) is 0 Å². The van der Waals surface area contributed by atoms with Gasteiger partial charge in [0, 0.05) is 12.7 Å². The molecule has 9 nitrogen and oxygen atoms in total. The Morgan fingerprint density at radius 3 is 2.92 bits per heavy atom. The van der Waals surface area contributed by atoms with Crippen LogP contribution in [0.3, 0.4) is 0 Å². The lowest BCUT2D eigenvalue weighted by Crippen LogP contribution is -2.23. The highest BCUT2D eigenvalue weighted by atomic mass is 16.5. The summed E-state index contributed by atoms with van der Waals surface area (Å²) >= 11 is 0. The van der Waals surface area contributed by atoms with Gasteiger partial charge >= 0.3 is 5.97 Å². The van der Waals surface area contributed by atoms with Crippen LogP contribution in [-0.4, -0.2) is 52.3 Å². The predicted octanol–water partition coefficient (Wildman–Crippen LogP) is 0.318. The normalized spacial score (nSPS) is 10.4. The van der Waals surface area contributed by atoms with Crippen LogP contribution in [0.1, 0.15) is 16.1 Å². The Kier molecular flexibility index (Phi) is 6.26. The lowest BCUT2D eigenvalue weighted by Gasteiger charge is -2.07. The number of aromatic nitrogens is 3. The predicted molar refractivity (Wildman–Crippen MR) is 82.6 cm³/mol. The average Bonchev–Trinajstić information content (AvgIpc) is 3.00. The van der Waals surface area contributed by atoms with Gasteiger partial charge in [0.1, 0.15) is 24.6 Å². The van der Waals surface area contributed by atoms with Gasteiger partial charge in [-0.05, 0) is 18.2 Å². The molecule has 0 aliphatic rings. The molecular weight excluding hydrogens is 316 g/mol. The lowest BCUT2D eigenvalue weighted by molar-refractivity contribution is -0.137. The van der Waals surface area contributed by atoms with Crippen LogP contribution in [-0.2, 0) is 22.6 Å². The number of nitrogens with zero attached hydrogens (tertiary/aromatic N) is 3. The second kappa shape index (κ2) is 8.63. The number of benzene rings is 1. The molecule has 0 saturated carbocycles. The van der Waals surface area contributed by atoms with Gasteiger partial charge in [-0.2, -0.15) is 0 Å². The summed E-state index contributed by atoms with van der Waals surface area (Å²) in [4.78, 5) is 22.7. The SMILES string of the molecule is COCCOc1cccc(C(=O)NCc2cn(CC(=O)O)nn2)c1. The van der Waals surface area contributed by atoms with Gasteiger partial charge in [0.25, 0.3) is 5.91 Å². The summed E-state index contributed by atoms with van der Waals surface area (Å²) in [5.74, 6) is -0.729. The number of rotatable bonds is 9. The van der Waals surface area contributed by atoms with Gasteiger partial charge in [-0.25, -0.2) is 4.68 Å². The molecule has 1 aromatic carbocycles. The van der Waals surface area contributed by atoms with E-state index in [1.54, 1.807) is 31.4 Å². The molecule has 1 aromatic heterocycles. The van der Waals surface area contributed by atoms with E-state index in [0.717, 1.165) is 0 Å². The van der Waals surface area contributed by atoms with Gasteiger partial charge < -0.3 is 19.9 Å². The molecule has 0 atom stereocenters. The van der Waals surface area contributed by atoms with Crippen LogP contribution in [0.25, 0.3) is 0 Å². The Bertz CT molecular complexity index is 701. The molecule has 128 valence electrons. The summed E-state index contributed by atoms with van der Waals surface area (Å²) in [5, 5.41) is 18.8. The topological polar surface area (TPSA) is 116 Å². The Labute approximate surface area is 138 Å². The Balaban J connectivity index is 1.89. The molecule has 9 heteroatoms. The summed E-state index contributed by atoms with van der Waals surface area (Å²) < 4.78 is 11.5. The second-order valence-electron chi connectivity index (χ2n) is 4.85. The first-order valence-electron chi connectivity index (χ1n) is 7.19. The van der Waals surface area contributed by atoms with E-state index in [-0.39, 0.29) is 19.0 Å². The van der Waals surface area contributed by atoms with E-state index in [2.05, 4.69) is 15.6 Å². The first-order valence-corrected chi connectivity index (χ1v) is 7.19. The summed E-state index contributed by atoms with van der Waals surface area (Å²) in [6, 6.07) is 6.77. The lowest BCUT2D eigenvalue weighted by atomic mass is 10.2. The molecule has 0 aliphatic heterocycles. The summed E-state index contributed by atoms with van der Waals surface area (Å²) in [5.41, 5.74) is 0.917. The number of ether oxygens (including phenoxy) is 2. The zero-order valence-electron chi connectivity index (χ0n) is 13.1. The molecule has 0 aliphatic carbocycles. The highest BCUT2D eigenvalue weighted by molar-refractivity contribution is 5.94. The van der Waals surface area contributed by atoms with E-state index < -0.39 is 5.97 Å². The Hall–Kier alpha value is -2.94. The van der Waals surface area contributed by atoms with Gasteiger partial charge in [-0.3, -0.25) is 9.59 Å². The molecule has 0 bridgehead atoms. The number of amides is 1. The zero-order chi connectivity index (χ0) is 17.4. The Morgan fingerprint density at radius 2 is 2.17 bits per heavy atom. The number of aliphatic carboxylic acids is 1. The van der Waals surface area contributed by atoms with E-state index >= 15 is 0 Å². The minimum absolute atomic E-state index is 0.146. The molecule has 2 N–H and O–H groups in total. The molecule has 2 aromatic rings. The third-order valence-corrected chi connectivity index (χ3v) is 2.97. The van der Waals surface area contributed by atoms with Crippen LogP contribution >= 0.6 is 0 Å². The maximum atomic E-state index is 12.1. The van der Waals surface area contributed by atoms with Crippen molar-refractivity contribution in [2.24, 2.45) is 0 Å². The van der Waals surface area contributed by atoms with Gasteiger partial charge in [0.05, 0.1) is 19.3 Å². The number of carboxylic acid groups (broad SMARTS) is 1. The monoisotopic (exact) mass is 334 g/mol. The van der Waals surface area contributed by atoms with Crippen LogP contribution in [0.5, 0.6) is 5.75 Å². The Morgan fingerprint density at radius 1 is 1.33 bits per heavy atom. The van der Waals surface area contributed by atoms with Crippen molar-refractivity contribution < 1.29 is 24.2 Å². The number of hydrogen-bond donors (Lipinski definition) is 2. The third-order valence-electron chi connectivity index (χ3n) is 2.97. The molecule has 1 amide bonds. The van der Waals surface area contributed by atoms with Crippen molar-refractivity contribution in [3.63, 3.8) is 0 Å². The van der Waals surface area contributed by atoms with Crippen molar-refractivity contribution in [3.8, 4) is 5.75 Å². The molecule has 1 heterocycles. The molecule has 0 radical (unpaired) electrons. The van der Waals surface area contributed by atoms with Crippen molar-refractivity contribution in [1.29, 1.82) is 0 Å². The molecule has 24 heavy (non-hydrogen) atoms. The second-order valence-corrected chi connectivity index (χ2v) is 4.85. The molecule has 0 saturated heterocycles. The highest BCUT2D eigenvalue weighted by Gasteiger charge is 2.09. The summed E-state index contributed by atoms with van der Waals surface area (Å²) in [6.07, 6.45) is 1.47. The van der Waals surface area contributed by atoms with Gasteiger partial charge in [-0.15, -0.1) is 5.10 Å². The molecular formula is C15H18N4O5. The van der Waals surface area contributed by atoms with Crippen molar-refractivity contribution in [1.82, 2.24) is 20.3 Å². The number of methoxy groups -OCH3 is 1. The van der Waals surface area contributed by atoms with Gasteiger partial charge in [-0.1, -0.05) is 11.3 Å². The van der Waals surface area contributed by atoms with Crippen LogP contribution < -0.4 is 10.1 Å². The summed E-state index contributed by atoms with van der Waals surface area (Å²) in [6.45, 7) is 0.728. The largest absolute Gasteiger partial charge is 0.491 e. The first-order chi connectivity index (χ1) is 11.6. The number of carboxylic acids is 1. The van der Waals surface area contributed by atoms with E-state index in [1.165, 1.54) is 10.9 Å². The van der Waals surface area contributed by atoms with E-state index in [1.807, 2.05) is 0 Å². The minimum Gasteiger partial charge on any atom is -0.491 e. The van der Waals surface area contributed by atoms with E-state index in [9.17, 15) is 9.59 Å². The minimum atomic E-state index is -1.01. The van der Waals surface area contributed by atoms with Crippen molar-refractivity contribution >= 4 is 11.9 Å². The molecule has 0 unspecified atom stereocenters. The average molecular weight is 334 g/mol. The van der Waals surface area contributed by atoms with E-state index in [0.29, 0.717) is 30.2 Å². The van der Waals surface area contributed by atoms with Crippen molar-refractivity contribution in [2.75, 3.05) is 20.3 Å². The fraction of sp³-hybridized carbons (Fsp3) is 0.333. The highest BCUT2D eigenvalue weighted by Crippen LogP contribution is 2.13. The maximum absolute atomic E-state index is 12.1. The maximum Gasteiger partial charge on any atom is 0.325 e. The first kappa shape index (κ1) is 17.4. The van der Waals surface area contributed by atoms with Crippen molar-refractivity contribution in [3.05, 3.63) is 41.7 Å². The van der Waals surface area contributed by atoms with Gasteiger partial charge in [0.2, 0.25) is 0 Å². The fourth-order valence-electron chi connectivity index (χ4n) is 1.88. The number of carbonyl (C=O) groups excluding carboxylic acids is 1. The van der Waals surface area contributed by atoms with Crippen molar-refractivity contribution in [2.45, 2.75) is 13.1 Å². The van der Waals surface area contributed by atoms with Gasteiger partial charge in [0.15, 0.2) is 0 Å². The number of nitrogens with one attached hydrogen (secondary N) is 1. The van der Waals surface area contributed by atoms with Crippen LogP contribution in [0.4, 0.5) is 0 Å². The fourth-order valence-corrected chi connectivity index (χ4v) is 1.88. The molecule has 2 rings (SSSR count). The standard InChI is InChI=1S/C15H18N4O5/c1-23-5-6-24-13-4-2-3-11(7-13)15(22)16-8-12-9-19(18-17-12)10-14(20)21/h2-4,7,9H,5-6,8,10H2,1H3,(H,16,22)(H,20,21). The smallest absolute Gasteiger partial charge is 0.325 e.